The second-order valence-electron chi connectivity index (χ2n) is 6.46. The predicted molar refractivity (Wildman–Crippen MR) is 111 cm³/mol. The van der Waals surface area contributed by atoms with Crippen LogP contribution in [0.3, 0.4) is 0 Å². The van der Waals surface area contributed by atoms with Gasteiger partial charge in [0.25, 0.3) is 0 Å². The summed E-state index contributed by atoms with van der Waals surface area (Å²) >= 11 is 3.47. The molecule has 1 aliphatic rings. The maximum Gasteiger partial charge on any atom is 0.244 e. The van der Waals surface area contributed by atoms with Crippen LogP contribution >= 0.6 is 15.9 Å². The Hall–Kier alpha value is -2.48. The third-order valence-corrected chi connectivity index (χ3v) is 6.95. The highest BCUT2D eigenvalue weighted by molar-refractivity contribution is 9.10. The van der Waals surface area contributed by atoms with Crippen molar-refractivity contribution in [1.29, 1.82) is 0 Å². The topological polar surface area (TPSA) is 66.5 Å². The predicted octanol–water partition coefficient (Wildman–Crippen LogP) is 4.18. The summed E-state index contributed by atoms with van der Waals surface area (Å²) in [6, 6.07) is 22.4. The van der Waals surface area contributed by atoms with Gasteiger partial charge in [0, 0.05) is 10.2 Å². The maximum absolute atomic E-state index is 13.5. The number of rotatable bonds is 3. The maximum atomic E-state index is 13.5. The molecule has 3 aromatic carbocycles. The van der Waals surface area contributed by atoms with Crippen molar-refractivity contribution in [2.45, 2.75) is 10.9 Å². The molecular formula is C21H17BrN2O3S. The van der Waals surface area contributed by atoms with E-state index in [1.165, 1.54) is 4.31 Å². The van der Waals surface area contributed by atoms with Crippen LogP contribution in [0.5, 0.6) is 0 Å². The van der Waals surface area contributed by atoms with Crippen LogP contribution < -0.4 is 5.32 Å². The monoisotopic (exact) mass is 456 g/mol. The fourth-order valence-corrected chi connectivity index (χ4v) is 5.33. The second-order valence-corrected chi connectivity index (χ2v) is 9.26. The number of carbonyl (C=O) groups excluding carboxylic acids is 1. The third kappa shape index (κ3) is 3.48. The highest BCUT2D eigenvalue weighted by Crippen LogP contribution is 2.39. The van der Waals surface area contributed by atoms with Gasteiger partial charge in [0.1, 0.15) is 0 Å². The Balaban J connectivity index is 1.96. The largest absolute Gasteiger partial charge is 0.325 e. The standard InChI is InChI=1S/C21H17BrN2O3S/c22-16-11-12-19-18(13-16)21(15-7-3-1-4-8-15)24(14-20(25)23-19)28(26,27)17-9-5-2-6-10-17/h1-13,21H,14H2,(H,23,25). The molecule has 0 aromatic heterocycles. The van der Waals surface area contributed by atoms with Crippen molar-refractivity contribution in [1.82, 2.24) is 4.31 Å². The smallest absolute Gasteiger partial charge is 0.244 e. The van der Waals surface area contributed by atoms with Gasteiger partial charge in [-0.05, 0) is 41.5 Å². The summed E-state index contributed by atoms with van der Waals surface area (Å²) in [5.74, 6) is -0.374. The van der Waals surface area contributed by atoms with Crippen LogP contribution in [0.2, 0.25) is 0 Å². The van der Waals surface area contributed by atoms with Gasteiger partial charge < -0.3 is 5.32 Å². The summed E-state index contributed by atoms with van der Waals surface area (Å²) in [6.45, 7) is -0.275. The first-order chi connectivity index (χ1) is 13.5. The molecule has 0 saturated carbocycles. The summed E-state index contributed by atoms with van der Waals surface area (Å²) in [7, 11) is -3.91. The number of hydrogen-bond acceptors (Lipinski definition) is 3. The quantitative estimate of drug-likeness (QED) is 0.642. The Morgan fingerprint density at radius 3 is 2.25 bits per heavy atom. The first-order valence-corrected chi connectivity index (χ1v) is 10.9. The fourth-order valence-electron chi connectivity index (χ4n) is 3.38. The van der Waals surface area contributed by atoms with Crippen molar-refractivity contribution in [3.05, 3.63) is 94.5 Å². The first-order valence-electron chi connectivity index (χ1n) is 8.68. The minimum Gasteiger partial charge on any atom is -0.325 e. The molecule has 0 bridgehead atoms. The molecule has 1 aliphatic heterocycles. The fraction of sp³-hybridized carbons (Fsp3) is 0.0952. The number of benzene rings is 3. The zero-order chi connectivity index (χ0) is 19.7. The van der Waals surface area contributed by atoms with Crippen molar-refractivity contribution in [3.8, 4) is 0 Å². The van der Waals surface area contributed by atoms with Crippen molar-refractivity contribution in [2.24, 2.45) is 0 Å². The van der Waals surface area contributed by atoms with E-state index < -0.39 is 16.1 Å². The molecule has 5 nitrogen and oxygen atoms in total. The van der Waals surface area contributed by atoms with Crippen molar-refractivity contribution in [3.63, 3.8) is 0 Å². The highest BCUT2D eigenvalue weighted by Gasteiger charge is 2.38. The lowest BCUT2D eigenvalue weighted by Gasteiger charge is -2.29. The number of fused-ring (bicyclic) bond motifs is 1. The number of hydrogen-bond donors (Lipinski definition) is 1. The van der Waals surface area contributed by atoms with Crippen molar-refractivity contribution in [2.75, 3.05) is 11.9 Å². The van der Waals surface area contributed by atoms with E-state index in [4.69, 9.17) is 0 Å². The molecule has 28 heavy (non-hydrogen) atoms. The Morgan fingerprint density at radius 1 is 0.929 bits per heavy atom. The molecule has 0 radical (unpaired) electrons. The van der Waals surface area contributed by atoms with Crippen LogP contribution in [0.25, 0.3) is 0 Å². The van der Waals surface area contributed by atoms with E-state index in [1.54, 1.807) is 36.4 Å². The minimum absolute atomic E-state index is 0.155. The Bertz CT molecular complexity index is 1120. The number of halogens is 1. The van der Waals surface area contributed by atoms with E-state index in [0.29, 0.717) is 11.3 Å². The van der Waals surface area contributed by atoms with Gasteiger partial charge in [0.15, 0.2) is 0 Å². The Morgan fingerprint density at radius 2 is 1.57 bits per heavy atom. The van der Waals surface area contributed by atoms with Crippen LogP contribution in [0, 0.1) is 0 Å². The van der Waals surface area contributed by atoms with Gasteiger partial charge in [0.2, 0.25) is 15.9 Å². The van der Waals surface area contributed by atoms with E-state index in [2.05, 4.69) is 21.2 Å². The zero-order valence-electron chi connectivity index (χ0n) is 14.7. The van der Waals surface area contributed by atoms with Crippen LogP contribution in [0.1, 0.15) is 17.2 Å². The molecule has 0 spiro atoms. The van der Waals surface area contributed by atoms with E-state index in [9.17, 15) is 13.2 Å². The number of anilines is 1. The van der Waals surface area contributed by atoms with Gasteiger partial charge in [-0.2, -0.15) is 4.31 Å². The SMILES string of the molecule is O=C1CN(S(=O)(=O)c2ccccc2)C(c2ccccc2)c2cc(Br)ccc2N1. The molecule has 1 amide bonds. The number of amides is 1. The van der Waals surface area contributed by atoms with Crippen molar-refractivity contribution < 1.29 is 13.2 Å². The van der Waals surface area contributed by atoms with Gasteiger partial charge in [-0.3, -0.25) is 4.79 Å². The highest BCUT2D eigenvalue weighted by atomic mass is 79.9. The summed E-state index contributed by atoms with van der Waals surface area (Å²) in [5, 5.41) is 2.84. The lowest BCUT2D eigenvalue weighted by molar-refractivity contribution is -0.116. The van der Waals surface area contributed by atoms with Crippen molar-refractivity contribution >= 4 is 37.5 Å². The summed E-state index contributed by atoms with van der Waals surface area (Å²) in [4.78, 5) is 12.7. The van der Waals surface area contributed by atoms with Gasteiger partial charge in [-0.1, -0.05) is 64.5 Å². The molecule has 7 heteroatoms. The third-order valence-electron chi connectivity index (χ3n) is 4.63. The van der Waals surface area contributed by atoms with Crippen LogP contribution in [0.15, 0.2) is 88.2 Å². The molecule has 0 saturated heterocycles. The van der Waals surface area contributed by atoms with Gasteiger partial charge in [-0.15, -0.1) is 0 Å². The van der Waals surface area contributed by atoms with E-state index in [0.717, 1.165) is 10.0 Å². The molecule has 1 N–H and O–H groups in total. The van der Waals surface area contributed by atoms with E-state index in [1.807, 2.05) is 42.5 Å². The normalized spacial score (nSPS) is 17.5. The molecule has 142 valence electrons. The van der Waals surface area contributed by atoms with Crippen LogP contribution in [-0.4, -0.2) is 25.2 Å². The Labute approximate surface area is 172 Å². The van der Waals surface area contributed by atoms with Crippen LogP contribution in [0.4, 0.5) is 5.69 Å². The number of nitrogens with one attached hydrogen (secondary N) is 1. The molecule has 1 atom stereocenters. The van der Waals surface area contributed by atoms with Crippen LogP contribution in [-0.2, 0) is 14.8 Å². The van der Waals surface area contributed by atoms with E-state index in [-0.39, 0.29) is 17.3 Å². The van der Waals surface area contributed by atoms with Gasteiger partial charge in [-0.25, -0.2) is 8.42 Å². The summed E-state index contributed by atoms with van der Waals surface area (Å²) in [6.07, 6.45) is 0. The minimum atomic E-state index is -3.91. The molecule has 1 unspecified atom stereocenters. The molecular weight excluding hydrogens is 440 g/mol. The average molecular weight is 457 g/mol. The average Bonchev–Trinajstić information content (AvgIpc) is 2.85. The second kappa shape index (κ2) is 7.50. The van der Waals surface area contributed by atoms with E-state index >= 15 is 0 Å². The summed E-state index contributed by atoms with van der Waals surface area (Å²) < 4.78 is 29.1. The molecule has 1 heterocycles. The first kappa shape index (κ1) is 18.9. The molecule has 4 rings (SSSR count). The lowest BCUT2D eigenvalue weighted by Crippen LogP contribution is -2.38. The van der Waals surface area contributed by atoms with Gasteiger partial charge in [0.05, 0.1) is 17.5 Å². The number of carbonyl (C=O) groups is 1. The number of nitrogens with zero attached hydrogens (tertiary/aromatic N) is 1. The molecule has 3 aromatic rings. The number of sulfonamides is 1. The Kier molecular flexibility index (Phi) is 5.05. The van der Waals surface area contributed by atoms with Gasteiger partial charge >= 0.3 is 0 Å². The zero-order valence-corrected chi connectivity index (χ0v) is 17.2. The molecule has 0 aliphatic carbocycles. The molecule has 0 fully saturated rings. The summed E-state index contributed by atoms with van der Waals surface area (Å²) in [5.41, 5.74) is 2.11. The lowest BCUT2D eigenvalue weighted by atomic mass is 9.97.